The molecule has 3 rings (SSSR count). The van der Waals surface area contributed by atoms with Crippen molar-refractivity contribution >= 4 is 27.5 Å². The number of hydrogen-bond acceptors (Lipinski definition) is 5. The number of likely N-dealkylation sites (N-methyl/N-ethyl adjacent to an activating group) is 1. The van der Waals surface area contributed by atoms with Gasteiger partial charge in [-0.05, 0) is 24.3 Å². The molecule has 7 heteroatoms. The molecule has 1 amide bonds. The second kappa shape index (κ2) is 6.58. The second-order valence-electron chi connectivity index (χ2n) is 5.61. The molecule has 118 valence electrons. The van der Waals surface area contributed by atoms with Crippen LogP contribution in [0, 0.1) is 0 Å². The first-order chi connectivity index (χ1) is 10.6. The van der Waals surface area contributed by atoms with E-state index in [1.165, 1.54) is 29.1 Å². The molecule has 0 spiro atoms. The highest BCUT2D eigenvalue weighted by Crippen LogP contribution is 2.20. The molecule has 1 N–H and O–H groups in total. The van der Waals surface area contributed by atoms with E-state index in [1.807, 2.05) is 11.4 Å². The van der Waals surface area contributed by atoms with Gasteiger partial charge in [0.25, 0.3) is 5.56 Å². The standard InChI is InChI=1S/C15H19N3O3S/c1-18(13(19)9-21-10-4-2-3-5-10)8-12-16-11-6-7-22-14(11)15(20)17-12/h6-7,10H,2-5,8-9H2,1H3,(H,16,17,20). The number of rotatable bonds is 5. The van der Waals surface area contributed by atoms with Gasteiger partial charge in [0.2, 0.25) is 5.91 Å². The molecule has 2 aromatic rings. The van der Waals surface area contributed by atoms with Crippen molar-refractivity contribution in [3.8, 4) is 0 Å². The van der Waals surface area contributed by atoms with Crippen LogP contribution in [0.5, 0.6) is 0 Å². The minimum Gasteiger partial charge on any atom is -0.368 e. The Kier molecular flexibility index (Phi) is 4.54. The Hall–Kier alpha value is -1.73. The first-order valence-corrected chi connectivity index (χ1v) is 8.33. The fraction of sp³-hybridized carbons (Fsp3) is 0.533. The summed E-state index contributed by atoms with van der Waals surface area (Å²) < 4.78 is 6.24. The molecule has 0 aliphatic heterocycles. The van der Waals surface area contributed by atoms with Crippen LogP contribution in [0.1, 0.15) is 31.5 Å². The van der Waals surface area contributed by atoms with Crippen LogP contribution in [0.3, 0.4) is 0 Å². The fourth-order valence-corrected chi connectivity index (χ4v) is 3.39. The van der Waals surface area contributed by atoms with Gasteiger partial charge in [-0.3, -0.25) is 9.59 Å². The summed E-state index contributed by atoms with van der Waals surface area (Å²) in [5.74, 6) is 0.396. The number of hydrogen-bond donors (Lipinski definition) is 1. The average Bonchev–Trinajstić information content (AvgIpc) is 3.15. The third-order valence-electron chi connectivity index (χ3n) is 3.92. The minimum atomic E-state index is -0.155. The summed E-state index contributed by atoms with van der Waals surface area (Å²) >= 11 is 1.36. The number of thiophene rings is 1. The summed E-state index contributed by atoms with van der Waals surface area (Å²) in [6.45, 7) is 0.361. The SMILES string of the molecule is CN(Cc1nc2ccsc2c(=O)[nH]1)C(=O)COC1CCCC1. The molecule has 22 heavy (non-hydrogen) atoms. The Labute approximate surface area is 132 Å². The third-order valence-corrected chi connectivity index (χ3v) is 4.82. The highest BCUT2D eigenvalue weighted by atomic mass is 32.1. The summed E-state index contributed by atoms with van der Waals surface area (Å²) in [6.07, 6.45) is 4.67. The molecule has 2 aromatic heterocycles. The molecule has 0 bridgehead atoms. The third kappa shape index (κ3) is 3.36. The molecule has 1 fully saturated rings. The van der Waals surface area contributed by atoms with Crippen molar-refractivity contribution in [2.24, 2.45) is 0 Å². The van der Waals surface area contributed by atoms with Crippen molar-refractivity contribution in [2.75, 3.05) is 13.7 Å². The Morgan fingerprint density at radius 1 is 1.50 bits per heavy atom. The molecule has 1 saturated carbocycles. The van der Waals surface area contributed by atoms with Crippen molar-refractivity contribution in [3.63, 3.8) is 0 Å². The van der Waals surface area contributed by atoms with E-state index in [0.717, 1.165) is 12.8 Å². The van der Waals surface area contributed by atoms with E-state index in [2.05, 4.69) is 9.97 Å². The van der Waals surface area contributed by atoms with Crippen LogP contribution in [-0.2, 0) is 16.1 Å². The normalized spacial score (nSPS) is 15.5. The van der Waals surface area contributed by atoms with Gasteiger partial charge in [-0.1, -0.05) is 12.8 Å². The second-order valence-corrected chi connectivity index (χ2v) is 6.53. The fourth-order valence-electron chi connectivity index (χ4n) is 2.66. The minimum absolute atomic E-state index is 0.0894. The van der Waals surface area contributed by atoms with Gasteiger partial charge in [0.05, 0.1) is 18.2 Å². The van der Waals surface area contributed by atoms with Gasteiger partial charge in [-0.2, -0.15) is 0 Å². The quantitative estimate of drug-likeness (QED) is 0.912. The number of aromatic amines is 1. The van der Waals surface area contributed by atoms with Gasteiger partial charge < -0.3 is 14.6 Å². The van der Waals surface area contributed by atoms with Crippen LogP contribution in [-0.4, -0.2) is 40.5 Å². The lowest BCUT2D eigenvalue weighted by Gasteiger charge is -2.18. The lowest BCUT2D eigenvalue weighted by atomic mass is 10.3. The highest BCUT2D eigenvalue weighted by Gasteiger charge is 2.18. The average molecular weight is 321 g/mol. The molecule has 0 atom stereocenters. The lowest BCUT2D eigenvalue weighted by Crippen LogP contribution is -2.32. The summed E-state index contributed by atoms with van der Waals surface area (Å²) in [5, 5.41) is 1.83. The number of amides is 1. The highest BCUT2D eigenvalue weighted by molar-refractivity contribution is 7.17. The molecule has 1 aliphatic rings. The first kappa shape index (κ1) is 15.2. The molecule has 0 saturated heterocycles. The van der Waals surface area contributed by atoms with Crippen molar-refractivity contribution in [2.45, 2.75) is 38.3 Å². The number of nitrogens with zero attached hydrogens (tertiary/aromatic N) is 2. The van der Waals surface area contributed by atoms with Crippen LogP contribution in [0.25, 0.3) is 10.2 Å². The van der Waals surface area contributed by atoms with Gasteiger partial charge in [-0.15, -0.1) is 11.3 Å². The molecule has 0 aromatic carbocycles. The summed E-state index contributed by atoms with van der Waals surface area (Å²) in [5.41, 5.74) is 0.518. The maximum absolute atomic E-state index is 12.1. The zero-order valence-electron chi connectivity index (χ0n) is 12.5. The van der Waals surface area contributed by atoms with Crippen LogP contribution < -0.4 is 5.56 Å². The van der Waals surface area contributed by atoms with Crippen LogP contribution in [0.4, 0.5) is 0 Å². The van der Waals surface area contributed by atoms with E-state index < -0.39 is 0 Å². The monoisotopic (exact) mass is 321 g/mol. The van der Waals surface area contributed by atoms with E-state index in [1.54, 1.807) is 7.05 Å². The van der Waals surface area contributed by atoms with Crippen LogP contribution >= 0.6 is 11.3 Å². The number of carbonyl (C=O) groups excluding carboxylic acids is 1. The van der Waals surface area contributed by atoms with Crippen molar-refractivity contribution in [1.29, 1.82) is 0 Å². The maximum Gasteiger partial charge on any atom is 0.268 e. The van der Waals surface area contributed by atoms with E-state index in [4.69, 9.17) is 4.74 Å². The molecular formula is C15H19N3O3S. The summed E-state index contributed by atoms with van der Waals surface area (Å²) in [4.78, 5) is 32.6. The molecular weight excluding hydrogens is 302 g/mol. The van der Waals surface area contributed by atoms with Gasteiger partial charge in [0, 0.05) is 7.05 Å². The zero-order chi connectivity index (χ0) is 15.5. The maximum atomic E-state index is 12.1. The molecule has 0 unspecified atom stereocenters. The zero-order valence-corrected chi connectivity index (χ0v) is 13.3. The smallest absolute Gasteiger partial charge is 0.268 e. The van der Waals surface area contributed by atoms with Gasteiger partial charge in [0.1, 0.15) is 17.1 Å². The van der Waals surface area contributed by atoms with Crippen LogP contribution in [0.15, 0.2) is 16.2 Å². The van der Waals surface area contributed by atoms with Crippen molar-refractivity contribution in [3.05, 3.63) is 27.6 Å². The van der Waals surface area contributed by atoms with Gasteiger partial charge in [-0.25, -0.2) is 4.98 Å². The summed E-state index contributed by atoms with van der Waals surface area (Å²) in [7, 11) is 1.69. The number of carbonyl (C=O) groups is 1. The number of aromatic nitrogens is 2. The number of fused-ring (bicyclic) bond motifs is 1. The van der Waals surface area contributed by atoms with Crippen molar-refractivity contribution in [1.82, 2.24) is 14.9 Å². The lowest BCUT2D eigenvalue weighted by molar-refractivity contribution is -0.137. The predicted molar refractivity (Wildman–Crippen MR) is 84.9 cm³/mol. The Morgan fingerprint density at radius 3 is 3.05 bits per heavy atom. The van der Waals surface area contributed by atoms with E-state index in [0.29, 0.717) is 16.0 Å². The van der Waals surface area contributed by atoms with Crippen molar-refractivity contribution < 1.29 is 9.53 Å². The number of ether oxygens (including phenoxy) is 1. The van der Waals surface area contributed by atoms with Gasteiger partial charge >= 0.3 is 0 Å². The van der Waals surface area contributed by atoms with E-state index in [-0.39, 0.29) is 30.7 Å². The topological polar surface area (TPSA) is 75.3 Å². The molecule has 1 aliphatic carbocycles. The predicted octanol–water partition coefficient (Wildman–Crippen LogP) is 1.90. The van der Waals surface area contributed by atoms with Crippen LogP contribution in [0.2, 0.25) is 0 Å². The Morgan fingerprint density at radius 2 is 2.27 bits per heavy atom. The summed E-state index contributed by atoms with van der Waals surface area (Å²) in [6, 6.07) is 1.81. The molecule has 2 heterocycles. The van der Waals surface area contributed by atoms with Gasteiger partial charge in [0.15, 0.2) is 0 Å². The number of H-pyrrole nitrogens is 1. The molecule has 0 radical (unpaired) electrons. The Balaban J connectivity index is 1.60. The first-order valence-electron chi connectivity index (χ1n) is 7.45. The van der Waals surface area contributed by atoms with E-state index >= 15 is 0 Å². The molecule has 6 nitrogen and oxygen atoms in total. The Bertz CT molecular complexity index is 718. The van der Waals surface area contributed by atoms with E-state index in [9.17, 15) is 9.59 Å². The largest absolute Gasteiger partial charge is 0.368 e. The number of nitrogens with one attached hydrogen (secondary N) is 1.